The number of pyridine rings is 4. The molecular weight excluding hydrogens is 939 g/mol. The molecule has 366 valence electrons. The van der Waals surface area contributed by atoms with Crippen LogP contribution in [0.5, 0.6) is 17.2 Å². The van der Waals surface area contributed by atoms with Gasteiger partial charge in [0.2, 0.25) is 0 Å². The lowest BCUT2D eigenvalue weighted by atomic mass is 10.0. The second-order valence-electron chi connectivity index (χ2n) is 18.3. The normalized spacial score (nSPS) is 11.7. The van der Waals surface area contributed by atoms with E-state index in [1.807, 2.05) is 116 Å². The van der Waals surface area contributed by atoms with Gasteiger partial charge in [0.1, 0.15) is 59.0 Å². The summed E-state index contributed by atoms with van der Waals surface area (Å²) in [7, 11) is 5.80. The summed E-state index contributed by atoms with van der Waals surface area (Å²) in [4.78, 5) is 28.6. The lowest BCUT2D eigenvalue weighted by Gasteiger charge is -2.20. The minimum atomic E-state index is -0.438. The molecule has 15 nitrogen and oxygen atoms in total. The predicted octanol–water partition coefficient (Wildman–Crippen LogP) is 11.0. The third-order valence-electron chi connectivity index (χ3n) is 13.0. The maximum absolute atomic E-state index is 15.6. The van der Waals surface area contributed by atoms with Gasteiger partial charge >= 0.3 is 0 Å². The Morgan fingerprint density at radius 2 is 1.19 bits per heavy atom. The molecule has 4 aromatic carbocycles. The third kappa shape index (κ3) is 8.85. The average molecular weight is 985 g/mol. The first-order chi connectivity index (χ1) is 36.1. The summed E-state index contributed by atoms with van der Waals surface area (Å²) >= 11 is 0. The van der Waals surface area contributed by atoms with Gasteiger partial charge in [0.05, 0.1) is 53.4 Å². The zero-order valence-electron chi connectivity index (χ0n) is 40.3. The molecule has 0 aliphatic heterocycles. The van der Waals surface area contributed by atoms with Gasteiger partial charge in [-0.2, -0.15) is 9.89 Å². The molecule has 12 aromatic rings. The van der Waals surface area contributed by atoms with Gasteiger partial charge in [-0.05, 0) is 115 Å². The Morgan fingerprint density at radius 3 is 1.85 bits per heavy atom. The van der Waals surface area contributed by atoms with Crippen LogP contribution in [0.3, 0.4) is 0 Å². The molecule has 0 aliphatic carbocycles. The number of hydrogen-bond donors (Lipinski definition) is 4. The van der Waals surface area contributed by atoms with Crippen LogP contribution in [0.2, 0.25) is 0 Å². The van der Waals surface area contributed by atoms with Gasteiger partial charge in [-0.1, -0.05) is 24.3 Å². The second-order valence-corrected chi connectivity index (χ2v) is 18.3. The molecule has 0 fully saturated rings. The topological polar surface area (TPSA) is 175 Å². The summed E-state index contributed by atoms with van der Waals surface area (Å²) in [5, 5.41) is 28.6. The number of hydrogen-bond acceptors (Lipinski definition) is 11. The van der Waals surface area contributed by atoms with Crippen LogP contribution in [0.1, 0.15) is 0 Å². The molecule has 4 N–H and O–H groups in total. The molecule has 0 saturated heterocycles. The van der Waals surface area contributed by atoms with E-state index >= 15 is 8.78 Å². The van der Waals surface area contributed by atoms with Crippen LogP contribution in [0.15, 0.2) is 152 Å². The van der Waals surface area contributed by atoms with E-state index in [9.17, 15) is 5.11 Å². The van der Waals surface area contributed by atoms with Gasteiger partial charge in [0, 0.05) is 88.0 Å². The van der Waals surface area contributed by atoms with Crippen LogP contribution in [0.25, 0.3) is 111 Å². The Morgan fingerprint density at radius 1 is 0.568 bits per heavy atom. The average Bonchev–Trinajstić information content (AvgIpc) is 4.22. The van der Waals surface area contributed by atoms with Crippen molar-refractivity contribution in [3.8, 4) is 84.8 Å². The van der Waals surface area contributed by atoms with Crippen molar-refractivity contribution in [2.24, 2.45) is 0 Å². The first kappa shape index (κ1) is 45.6. The fourth-order valence-corrected chi connectivity index (χ4v) is 9.40. The van der Waals surface area contributed by atoms with Crippen molar-refractivity contribution >= 4 is 43.6 Å². The highest BCUT2D eigenvalue weighted by atomic mass is 19.1. The van der Waals surface area contributed by atoms with Crippen molar-refractivity contribution in [3.63, 3.8) is 0 Å². The molecule has 0 saturated carbocycles. The number of aromatic amines is 3. The molecule has 0 radical (unpaired) electrons. The molecule has 8 heterocycles. The molecule has 0 aliphatic rings. The van der Waals surface area contributed by atoms with Crippen molar-refractivity contribution in [1.29, 1.82) is 0 Å². The quantitative estimate of drug-likeness (QED) is 0.0769. The molecule has 17 heteroatoms. The Kier molecular flexibility index (Phi) is 11.7. The van der Waals surface area contributed by atoms with E-state index in [4.69, 9.17) is 19.6 Å². The molecule has 12 rings (SSSR count). The van der Waals surface area contributed by atoms with Crippen LogP contribution in [0.4, 0.5) is 8.78 Å². The summed E-state index contributed by atoms with van der Waals surface area (Å²) in [5.74, 6) is -0.00417. The van der Waals surface area contributed by atoms with Gasteiger partial charge in [0.15, 0.2) is 0 Å². The number of nitrogens with zero attached hydrogens (tertiary/aromatic N) is 9. The van der Waals surface area contributed by atoms with E-state index < -0.39 is 11.6 Å². The van der Waals surface area contributed by atoms with E-state index in [-0.39, 0.29) is 12.4 Å². The largest absolute Gasteiger partial charge is 0.506 e. The van der Waals surface area contributed by atoms with Crippen molar-refractivity contribution in [2.45, 2.75) is 0 Å². The Balaban J connectivity index is 0.830. The summed E-state index contributed by atoms with van der Waals surface area (Å²) < 4.78 is 42.9. The molecule has 0 amide bonds. The highest BCUT2D eigenvalue weighted by Crippen LogP contribution is 2.39. The van der Waals surface area contributed by atoms with Crippen molar-refractivity contribution in [1.82, 2.24) is 54.9 Å². The van der Waals surface area contributed by atoms with Crippen LogP contribution in [-0.2, 0) is 0 Å². The smallest absolute Gasteiger partial charge is 0.134 e. The summed E-state index contributed by atoms with van der Waals surface area (Å²) in [5.41, 5.74) is 12.0. The number of aromatic nitrogens is 10. The number of aromatic hydroxyl groups is 1. The van der Waals surface area contributed by atoms with E-state index in [0.29, 0.717) is 70.5 Å². The number of likely N-dealkylation sites (N-methyl/N-ethyl adjacent to an activating group) is 2. The summed E-state index contributed by atoms with van der Waals surface area (Å²) in [6, 6.07) is 34.7. The number of halogens is 2. The number of nitrogens with one attached hydrogen (secondary N) is 3. The number of benzene rings is 4. The number of fused-ring (bicyclic) bond motifs is 4. The number of rotatable bonds is 15. The van der Waals surface area contributed by atoms with Crippen LogP contribution in [0, 0.1) is 11.6 Å². The maximum atomic E-state index is 15.6. The van der Waals surface area contributed by atoms with Gasteiger partial charge in [-0.25, -0.2) is 8.78 Å². The fourth-order valence-electron chi connectivity index (χ4n) is 9.40. The zero-order valence-corrected chi connectivity index (χ0v) is 40.3. The SMILES string of the molecule is CN(C)CCOc1cc(F)cc(-c2cccc3[nH]c(-c4nn(N(C)CCOc5cc(F)cc(-c6cccc7[nH]c(-c8n[nH]c9cnc(-c%10ccncc%10)cc89)cc67)c5)c5cnc(-c6cncc(O)c6)cc45)cc23)c1. The highest BCUT2D eigenvalue weighted by molar-refractivity contribution is 6.03. The zero-order chi connectivity index (χ0) is 50.5. The summed E-state index contributed by atoms with van der Waals surface area (Å²) in [6.45, 7) is 1.64. The Bertz CT molecular complexity index is 4050. The summed E-state index contributed by atoms with van der Waals surface area (Å²) in [6.07, 6.45) is 10.00. The van der Waals surface area contributed by atoms with Crippen LogP contribution in [-0.4, -0.2) is 107 Å². The maximum Gasteiger partial charge on any atom is 0.134 e. The number of H-pyrrole nitrogens is 3. The van der Waals surface area contributed by atoms with Crippen LogP contribution >= 0.6 is 0 Å². The molecule has 0 spiro atoms. The van der Waals surface area contributed by atoms with Gasteiger partial charge < -0.3 is 29.4 Å². The third-order valence-corrected chi connectivity index (χ3v) is 13.0. The lowest BCUT2D eigenvalue weighted by Crippen LogP contribution is -2.35. The Hall–Kier alpha value is -9.48. The second kappa shape index (κ2) is 18.9. The fraction of sp³-hybridized carbons (Fsp3) is 0.123. The standard InChI is InChI=1S/C57H46F2N12O3/c1-69(2)14-16-73-40-21-34(18-37(58)23-40)43-7-5-9-49-45(43)26-53(65-49)57-47-28-51(36-20-39(72)30-61-29-36)63-32-55(47)71(68-57)70(3)15-17-74-41-22-35(19-38(59)24-41)42-6-4-8-48-44(42)25-52(64-48)56-46-27-50(33-10-12-60-13-11-33)62-31-54(46)66-67-56/h4-13,18-32,64-65,72H,14-17H2,1-3H3,(H,66,67). The minimum absolute atomic E-state index is 0.0153. The molecule has 74 heavy (non-hydrogen) atoms. The molecular formula is C57H46F2N12O3. The number of ether oxygens (including phenoxy) is 2. The van der Waals surface area contributed by atoms with Crippen LogP contribution < -0.4 is 14.5 Å². The minimum Gasteiger partial charge on any atom is -0.506 e. The predicted molar refractivity (Wildman–Crippen MR) is 283 cm³/mol. The highest BCUT2D eigenvalue weighted by Gasteiger charge is 2.21. The monoisotopic (exact) mass is 984 g/mol. The van der Waals surface area contributed by atoms with Crippen molar-refractivity contribution in [2.75, 3.05) is 52.5 Å². The molecule has 0 bridgehead atoms. The van der Waals surface area contributed by atoms with E-state index in [2.05, 4.69) is 35.1 Å². The molecule has 0 unspecified atom stereocenters. The van der Waals surface area contributed by atoms with Gasteiger partial charge in [0.25, 0.3) is 0 Å². The first-order valence-corrected chi connectivity index (χ1v) is 23.8. The van der Waals surface area contributed by atoms with E-state index in [1.54, 1.807) is 41.8 Å². The van der Waals surface area contributed by atoms with E-state index in [0.717, 1.165) is 71.9 Å². The molecule has 0 atom stereocenters. The first-order valence-electron chi connectivity index (χ1n) is 23.8. The van der Waals surface area contributed by atoms with Crippen molar-refractivity contribution in [3.05, 3.63) is 164 Å². The van der Waals surface area contributed by atoms with Gasteiger partial charge in [-0.3, -0.25) is 30.0 Å². The van der Waals surface area contributed by atoms with Crippen molar-refractivity contribution < 1.29 is 23.4 Å². The lowest BCUT2D eigenvalue weighted by molar-refractivity contribution is 0.260. The van der Waals surface area contributed by atoms with E-state index in [1.165, 1.54) is 30.5 Å². The Labute approximate surface area is 421 Å². The van der Waals surface area contributed by atoms with Gasteiger partial charge in [-0.15, -0.1) is 5.10 Å². The molecule has 8 aromatic heterocycles.